The van der Waals surface area contributed by atoms with E-state index in [9.17, 15) is 27.6 Å². The van der Waals surface area contributed by atoms with Gasteiger partial charge in [-0.2, -0.15) is 13.2 Å². The molecular weight excluding hydrogens is 380 g/mol. The van der Waals surface area contributed by atoms with Crippen LogP contribution in [0.4, 0.5) is 22.8 Å². The molecule has 11 heteroatoms. The number of unbranched alkanes of at least 4 members (excludes halogenated alkanes) is 1. The second kappa shape index (κ2) is 11.2. The molecule has 0 unspecified atom stereocenters. The summed E-state index contributed by atoms with van der Waals surface area (Å²) < 4.78 is 47.1. The lowest BCUT2D eigenvalue weighted by atomic mass is 10.1. The third-order valence-corrected chi connectivity index (χ3v) is 3.65. The number of hydrogen-bond acceptors (Lipinski definition) is 5. The Bertz CT molecular complexity index is 668. The fraction of sp³-hybridized carbons (Fsp3) is 0.471. The van der Waals surface area contributed by atoms with Crippen molar-refractivity contribution in [1.82, 2.24) is 10.6 Å². The van der Waals surface area contributed by atoms with E-state index < -0.39 is 35.7 Å². The second-order valence-electron chi connectivity index (χ2n) is 5.78. The molecule has 1 aromatic rings. The van der Waals surface area contributed by atoms with Gasteiger partial charge in [-0.3, -0.25) is 4.79 Å². The van der Waals surface area contributed by atoms with Gasteiger partial charge in [0.25, 0.3) is 0 Å². The molecule has 0 aromatic heterocycles. The normalized spacial score (nSPS) is 12.0. The minimum atomic E-state index is -4.45. The predicted octanol–water partition coefficient (Wildman–Crippen LogP) is 2.52. The number of alkyl halides is 3. The monoisotopic (exact) mass is 400 g/mol. The maximum absolute atomic E-state index is 12.5. The topological polar surface area (TPSA) is 93.7 Å². The summed E-state index contributed by atoms with van der Waals surface area (Å²) >= 11 is 0. The highest BCUT2D eigenvalue weighted by Crippen LogP contribution is 2.29. The molecule has 2 N–H and O–H groups in total. The maximum Gasteiger partial charge on any atom is 0.416 e. The standard InChI is InChI=1S/C17H20BF3N2O5/c1-27-14(24)13(4-2-3-9-22-15(18)25)23-16(26)28-10-11-5-7-12(8-6-11)17(19,20)21/h5-8,13H,2-4,9-10H2,1H3,(H,22,25)(H,23,26)/t13-/m0/s1. The van der Waals surface area contributed by atoms with Crippen LogP contribution in [0.1, 0.15) is 30.4 Å². The summed E-state index contributed by atoms with van der Waals surface area (Å²) in [5.74, 6) is -1.33. The zero-order valence-electron chi connectivity index (χ0n) is 15.2. The van der Waals surface area contributed by atoms with Crippen LogP contribution in [0, 0.1) is 0 Å². The smallest absolute Gasteiger partial charge is 0.416 e. The first-order valence-corrected chi connectivity index (χ1v) is 8.34. The largest absolute Gasteiger partial charge is 0.467 e. The number of amides is 2. The molecule has 0 saturated carbocycles. The molecule has 1 rings (SSSR count). The number of esters is 1. The molecule has 0 bridgehead atoms. The van der Waals surface area contributed by atoms with E-state index >= 15 is 0 Å². The van der Waals surface area contributed by atoms with E-state index in [0.717, 1.165) is 12.1 Å². The van der Waals surface area contributed by atoms with Crippen LogP contribution in [0.3, 0.4) is 0 Å². The Balaban J connectivity index is 2.47. The number of carbonyl (C=O) groups is 3. The summed E-state index contributed by atoms with van der Waals surface area (Å²) in [5, 5.41) is 4.74. The molecule has 0 aliphatic carbocycles. The van der Waals surface area contributed by atoms with Crippen molar-refractivity contribution in [3.05, 3.63) is 35.4 Å². The Hall–Kier alpha value is -2.72. The molecular formula is C17H20BF3N2O5. The van der Waals surface area contributed by atoms with E-state index in [1.165, 1.54) is 19.2 Å². The molecule has 28 heavy (non-hydrogen) atoms. The van der Waals surface area contributed by atoms with Crippen LogP contribution in [-0.2, 0) is 27.1 Å². The van der Waals surface area contributed by atoms with Crippen LogP contribution in [0.15, 0.2) is 24.3 Å². The van der Waals surface area contributed by atoms with E-state index in [-0.39, 0.29) is 13.0 Å². The van der Waals surface area contributed by atoms with Crippen LogP contribution in [0.5, 0.6) is 0 Å². The molecule has 2 radical (unpaired) electrons. The van der Waals surface area contributed by atoms with E-state index in [1.807, 2.05) is 0 Å². The van der Waals surface area contributed by atoms with Crippen molar-refractivity contribution in [3.63, 3.8) is 0 Å². The van der Waals surface area contributed by atoms with Crippen LogP contribution in [-0.4, -0.2) is 45.4 Å². The molecule has 0 fully saturated rings. The maximum atomic E-state index is 12.5. The molecule has 0 aliphatic rings. The predicted molar refractivity (Wildman–Crippen MR) is 93.6 cm³/mol. The van der Waals surface area contributed by atoms with Crippen molar-refractivity contribution in [2.75, 3.05) is 13.7 Å². The van der Waals surface area contributed by atoms with Gasteiger partial charge in [0.05, 0.1) is 12.7 Å². The number of hydrogen-bond donors (Lipinski definition) is 2. The van der Waals surface area contributed by atoms with Crippen molar-refractivity contribution in [1.29, 1.82) is 0 Å². The van der Waals surface area contributed by atoms with Crippen molar-refractivity contribution >= 4 is 25.7 Å². The van der Waals surface area contributed by atoms with E-state index in [2.05, 4.69) is 15.4 Å². The SMILES string of the molecule is [B]C(=O)NCCCC[C@H](NC(=O)OCc1ccc(C(F)(F)F)cc1)C(=O)OC. The minimum Gasteiger partial charge on any atom is -0.467 e. The van der Waals surface area contributed by atoms with Gasteiger partial charge >= 0.3 is 18.2 Å². The van der Waals surface area contributed by atoms with Crippen molar-refractivity contribution < 1.29 is 37.0 Å². The van der Waals surface area contributed by atoms with E-state index in [0.29, 0.717) is 24.9 Å². The summed E-state index contributed by atoms with van der Waals surface area (Å²) in [5.41, 5.74) is -0.451. The lowest BCUT2D eigenvalue weighted by Gasteiger charge is -2.16. The zero-order valence-corrected chi connectivity index (χ0v) is 15.2. The molecule has 0 aliphatic heterocycles. The number of methoxy groups -OCH3 is 1. The first-order valence-electron chi connectivity index (χ1n) is 8.34. The quantitative estimate of drug-likeness (QED) is 0.378. The molecule has 7 nitrogen and oxygen atoms in total. The third kappa shape index (κ3) is 8.78. The number of rotatable bonds is 9. The number of halogens is 3. The average molecular weight is 400 g/mol. The Morgan fingerprint density at radius 2 is 1.79 bits per heavy atom. The number of benzene rings is 1. The highest BCUT2D eigenvalue weighted by molar-refractivity contribution is 6.57. The second-order valence-corrected chi connectivity index (χ2v) is 5.78. The highest BCUT2D eigenvalue weighted by Gasteiger charge is 2.30. The Kier molecular flexibility index (Phi) is 9.33. The lowest BCUT2D eigenvalue weighted by Crippen LogP contribution is -2.41. The van der Waals surface area contributed by atoms with Gasteiger partial charge in [0, 0.05) is 6.54 Å². The number of carbonyl (C=O) groups excluding carboxylic acids is 3. The minimum absolute atomic E-state index is 0.239. The van der Waals surface area contributed by atoms with Gasteiger partial charge in [-0.05, 0) is 37.0 Å². The van der Waals surface area contributed by atoms with Gasteiger partial charge < -0.3 is 20.1 Å². The van der Waals surface area contributed by atoms with E-state index in [1.54, 1.807) is 0 Å². The van der Waals surface area contributed by atoms with Crippen molar-refractivity contribution in [3.8, 4) is 0 Å². The summed E-state index contributed by atoms with van der Waals surface area (Å²) in [6.45, 7) is 0.0575. The first kappa shape index (κ1) is 23.3. The molecule has 0 saturated heterocycles. The van der Waals surface area contributed by atoms with Crippen LogP contribution < -0.4 is 10.6 Å². The van der Waals surface area contributed by atoms with Gasteiger partial charge in [-0.25, -0.2) is 9.59 Å². The Morgan fingerprint density at radius 3 is 2.32 bits per heavy atom. The molecule has 152 valence electrons. The van der Waals surface area contributed by atoms with Gasteiger partial charge in [0.15, 0.2) is 13.7 Å². The van der Waals surface area contributed by atoms with Gasteiger partial charge in [-0.1, -0.05) is 12.1 Å². The molecule has 0 spiro atoms. The summed E-state index contributed by atoms with van der Waals surface area (Å²) in [4.78, 5) is 34.2. The van der Waals surface area contributed by atoms with Crippen LogP contribution in [0.2, 0.25) is 0 Å². The van der Waals surface area contributed by atoms with E-state index in [4.69, 9.17) is 12.6 Å². The van der Waals surface area contributed by atoms with Crippen LogP contribution >= 0.6 is 0 Å². The summed E-state index contributed by atoms with van der Waals surface area (Å²) in [6, 6.07) is 3.19. The van der Waals surface area contributed by atoms with Crippen molar-refractivity contribution in [2.45, 2.75) is 38.1 Å². The molecule has 1 atom stereocenters. The molecule has 1 aromatic carbocycles. The zero-order chi connectivity index (χ0) is 21.2. The van der Waals surface area contributed by atoms with Crippen LogP contribution in [0.25, 0.3) is 0 Å². The number of ether oxygens (including phenoxy) is 2. The fourth-order valence-corrected chi connectivity index (χ4v) is 2.20. The molecule has 2 amide bonds. The Morgan fingerprint density at radius 1 is 1.14 bits per heavy atom. The van der Waals surface area contributed by atoms with Gasteiger partial charge in [-0.15, -0.1) is 0 Å². The van der Waals surface area contributed by atoms with Crippen molar-refractivity contribution in [2.24, 2.45) is 0 Å². The fourth-order valence-electron chi connectivity index (χ4n) is 2.20. The third-order valence-electron chi connectivity index (χ3n) is 3.65. The highest BCUT2D eigenvalue weighted by atomic mass is 19.4. The average Bonchev–Trinajstić information content (AvgIpc) is 2.63. The number of alkyl carbamates (subject to hydrolysis) is 1. The van der Waals surface area contributed by atoms with Gasteiger partial charge in [0.2, 0.25) is 0 Å². The van der Waals surface area contributed by atoms with Gasteiger partial charge in [0.1, 0.15) is 12.6 Å². The summed E-state index contributed by atoms with van der Waals surface area (Å²) in [7, 11) is 6.09. The lowest BCUT2D eigenvalue weighted by molar-refractivity contribution is -0.143. The summed E-state index contributed by atoms with van der Waals surface area (Å²) in [6.07, 6.45) is -4.11. The molecule has 0 heterocycles. The first-order chi connectivity index (χ1) is 13.1. The Labute approximate surface area is 161 Å². The number of nitrogens with one attached hydrogen (secondary N) is 2.